The molecule has 1 saturated carbocycles. The predicted molar refractivity (Wildman–Crippen MR) is 53.5 cm³/mol. The van der Waals surface area contributed by atoms with Crippen LogP contribution < -0.4 is 5.32 Å². The summed E-state index contributed by atoms with van der Waals surface area (Å²) < 4.78 is 25.0. The molecule has 0 radical (unpaired) electrons. The van der Waals surface area contributed by atoms with E-state index >= 15 is 0 Å². The van der Waals surface area contributed by atoms with Gasteiger partial charge >= 0.3 is 0 Å². The Morgan fingerprint density at radius 3 is 2.56 bits per heavy atom. The van der Waals surface area contributed by atoms with Gasteiger partial charge in [-0.15, -0.1) is 0 Å². The largest absolute Gasteiger partial charge is 0.507 e. The number of benzene rings is 1. The number of rotatable bonds is 2. The summed E-state index contributed by atoms with van der Waals surface area (Å²) in [5, 5.41) is 11.8. The topological polar surface area (TPSA) is 49.3 Å². The van der Waals surface area contributed by atoms with Crippen LogP contribution in [0.5, 0.6) is 5.75 Å². The van der Waals surface area contributed by atoms with E-state index in [1.807, 2.05) is 0 Å². The van der Waals surface area contributed by atoms with Crippen molar-refractivity contribution in [3.8, 4) is 5.75 Å². The molecule has 0 atom stereocenters. The van der Waals surface area contributed by atoms with Crippen molar-refractivity contribution in [2.75, 3.05) is 0 Å². The third-order valence-corrected chi connectivity index (χ3v) is 2.57. The molecule has 0 saturated heterocycles. The highest BCUT2D eigenvalue weighted by molar-refractivity contribution is 5.97. The molecular weight excluding hydrogens is 216 g/mol. The molecule has 5 heteroatoms. The van der Waals surface area contributed by atoms with Crippen molar-refractivity contribution < 1.29 is 18.7 Å². The number of hydrogen-bond acceptors (Lipinski definition) is 2. The standard InChI is InChI=1S/C11H11F2NO2/c12-11(13)5-7(6-11)14-10(16)8-3-1-2-4-9(8)15/h1-4,7,15H,5-6H2,(H,14,16). The fourth-order valence-corrected chi connectivity index (χ4v) is 1.69. The van der Waals surface area contributed by atoms with E-state index < -0.39 is 17.9 Å². The quantitative estimate of drug-likeness (QED) is 0.810. The predicted octanol–water partition coefficient (Wildman–Crippen LogP) is 1.92. The lowest BCUT2D eigenvalue weighted by atomic mass is 9.88. The third kappa shape index (κ3) is 2.13. The first-order valence-electron chi connectivity index (χ1n) is 4.95. The van der Waals surface area contributed by atoms with E-state index in [1.54, 1.807) is 12.1 Å². The van der Waals surface area contributed by atoms with Crippen LogP contribution in [0.25, 0.3) is 0 Å². The molecule has 1 fully saturated rings. The molecule has 2 N–H and O–H groups in total. The van der Waals surface area contributed by atoms with Gasteiger partial charge in [-0.05, 0) is 12.1 Å². The molecule has 3 nitrogen and oxygen atoms in total. The van der Waals surface area contributed by atoms with E-state index in [2.05, 4.69) is 5.32 Å². The molecule has 16 heavy (non-hydrogen) atoms. The van der Waals surface area contributed by atoms with Crippen LogP contribution in [-0.2, 0) is 0 Å². The maximum atomic E-state index is 12.5. The van der Waals surface area contributed by atoms with Crippen LogP contribution in [0.2, 0.25) is 0 Å². The molecule has 1 amide bonds. The van der Waals surface area contributed by atoms with E-state index in [4.69, 9.17) is 0 Å². The zero-order valence-corrected chi connectivity index (χ0v) is 8.41. The van der Waals surface area contributed by atoms with Crippen LogP contribution >= 0.6 is 0 Å². The second-order valence-electron chi connectivity index (χ2n) is 3.95. The number of phenols is 1. The van der Waals surface area contributed by atoms with Crippen LogP contribution in [0.4, 0.5) is 8.78 Å². The smallest absolute Gasteiger partial charge is 0.255 e. The number of hydrogen-bond donors (Lipinski definition) is 2. The van der Waals surface area contributed by atoms with Crippen molar-refractivity contribution in [2.24, 2.45) is 0 Å². The lowest BCUT2D eigenvalue weighted by Crippen LogP contribution is -2.50. The molecule has 86 valence electrons. The summed E-state index contributed by atoms with van der Waals surface area (Å²) in [4.78, 5) is 11.6. The highest BCUT2D eigenvalue weighted by Crippen LogP contribution is 2.37. The molecule has 0 aromatic heterocycles. The average Bonchev–Trinajstić information content (AvgIpc) is 2.15. The third-order valence-electron chi connectivity index (χ3n) is 2.57. The minimum Gasteiger partial charge on any atom is -0.507 e. The van der Waals surface area contributed by atoms with Gasteiger partial charge in [0.05, 0.1) is 5.56 Å². The van der Waals surface area contributed by atoms with Gasteiger partial charge in [-0.1, -0.05) is 12.1 Å². The van der Waals surface area contributed by atoms with Crippen molar-refractivity contribution in [1.29, 1.82) is 0 Å². The monoisotopic (exact) mass is 227 g/mol. The van der Waals surface area contributed by atoms with Crippen LogP contribution in [0, 0.1) is 0 Å². The number of nitrogens with one attached hydrogen (secondary N) is 1. The second kappa shape index (κ2) is 3.73. The average molecular weight is 227 g/mol. The highest BCUT2D eigenvalue weighted by atomic mass is 19.3. The minimum atomic E-state index is -2.66. The Morgan fingerprint density at radius 2 is 2.00 bits per heavy atom. The van der Waals surface area contributed by atoms with Gasteiger partial charge in [-0.2, -0.15) is 0 Å². The van der Waals surface area contributed by atoms with E-state index in [9.17, 15) is 18.7 Å². The number of carbonyl (C=O) groups is 1. The number of para-hydroxylation sites is 1. The van der Waals surface area contributed by atoms with Crippen molar-refractivity contribution in [3.05, 3.63) is 29.8 Å². The number of amides is 1. The van der Waals surface area contributed by atoms with Crippen LogP contribution in [0.3, 0.4) is 0 Å². The molecular formula is C11H11F2NO2. The number of phenolic OH excluding ortho intramolecular Hbond substituents is 1. The fourth-order valence-electron chi connectivity index (χ4n) is 1.69. The first kappa shape index (κ1) is 10.9. The van der Waals surface area contributed by atoms with Gasteiger partial charge in [0, 0.05) is 18.9 Å². The highest BCUT2D eigenvalue weighted by Gasteiger charge is 2.46. The summed E-state index contributed by atoms with van der Waals surface area (Å²) in [5.41, 5.74) is 0.109. The maximum Gasteiger partial charge on any atom is 0.255 e. The molecule has 0 aliphatic heterocycles. The Balaban J connectivity index is 1.97. The molecule has 0 heterocycles. The van der Waals surface area contributed by atoms with Gasteiger partial charge < -0.3 is 10.4 Å². The summed E-state index contributed by atoms with van der Waals surface area (Å²) in [6.45, 7) is 0. The number of halogens is 2. The summed E-state index contributed by atoms with van der Waals surface area (Å²) in [6.07, 6.45) is -0.654. The summed E-state index contributed by atoms with van der Waals surface area (Å²) in [6, 6.07) is 5.52. The molecule has 0 bridgehead atoms. The lowest BCUT2D eigenvalue weighted by molar-refractivity contribution is -0.0901. The van der Waals surface area contributed by atoms with Gasteiger partial charge in [0.2, 0.25) is 0 Å². The first-order valence-corrected chi connectivity index (χ1v) is 4.95. The summed E-state index contributed by atoms with van der Waals surface area (Å²) in [7, 11) is 0. The van der Waals surface area contributed by atoms with E-state index in [-0.39, 0.29) is 24.2 Å². The molecule has 2 rings (SSSR count). The Kier molecular flexibility index (Phi) is 2.53. The minimum absolute atomic E-state index is 0.109. The zero-order valence-electron chi connectivity index (χ0n) is 8.41. The Bertz CT molecular complexity index is 412. The van der Waals surface area contributed by atoms with Gasteiger partial charge in [0.25, 0.3) is 11.8 Å². The van der Waals surface area contributed by atoms with Crippen molar-refractivity contribution in [3.63, 3.8) is 0 Å². The first-order chi connectivity index (χ1) is 7.48. The Morgan fingerprint density at radius 1 is 1.38 bits per heavy atom. The molecule has 1 aliphatic carbocycles. The molecule has 1 aromatic rings. The number of alkyl halides is 2. The molecule has 0 unspecified atom stereocenters. The van der Waals surface area contributed by atoms with E-state index in [0.29, 0.717) is 0 Å². The Labute approximate surface area is 91.1 Å². The number of aromatic hydroxyl groups is 1. The molecule has 0 spiro atoms. The fraction of sp³-hybridized carbons (Fsp3) is 0.364. The lowest BCUT2D eigenvalue weighted by Gasteiger charge is -2.35. The van der Waals surface area contributed by atoms with Gasteiger partial charge in [-0.25, -0.2) is 8.78 Å². The van der Waals surface area contributed by atoms with Crippen molar-refractivity contribution in [1.82, 2.24) is 5.32 Å². The van der Waals surface area contributed by atoms with E-state index in [1.165, 1.54) is 12.1 Å². The molecule has 1 aliphatic rings. The van der Waals surface area contributed by atoms with Crippen LogP contribution in [0.15, 0.2) is 24.3 Å². The van der Waals surface area contributed by atoms with Gasteiger partial charge in [0.15, 0.2) is 0 Å². The van der Waals surface area contributed by atoms with Crippen molar-refractivity contribution >= 4 is 5.91 Å². The maximum absolute atomic E-state index is 12.5. The van der Waals surface area contributed by atoms with Crippen LogP contribution in [-0.4, -0.2) is 23.0 Å². The Hall–Kier alpha value is -1.65. The summed E-state index contributed by atoms with van der Waals surface area (Å²) >= 11 is 0. The number of carbonyl (C=O) groups excluding carboxylic acids is 1. The van der Waals surface area contributed by atoms with Crippen LogP contribution in [0.1, 0.15) is 23.2 Å². The van der Waals surface area contributed by atoms with Gasteiger partial charge in [-0.3, -0.25) is 4.79 Å². The normalized spacial score (nSPS) is 18.9. The summed E-state index contributed by atoms with van der Waals surface area (Å²) in [5.74, 6) is -3.32. The SMILES string of the molecule is O=C(NC1CC(F)(F)C1)c1ccccc1O. The van der Waals surface area contributed by atoms with E-state index in [0.717, 1.165) is 0 Å². The second-order valence-corrected chi connectivity index (χ2v) is 3.95. The van der Waals surface area contributed by atoms with Crippen molar-refractivity contribution in [2.45, 2.75) is 24.8 Å². The molecule has 1 aromatic carbocycles. The van der Waals surface area contributed by atoms with Gasteiger partial charge in [0.1, 0.15) is 5.75 Å². The zero-order chi connectivity index (χ0) is 11.8.